The summed E-state index contributed by atoms with van der Waals surface area (Å²) in [7, 11) is 0. The lowest BCUT2D eigenvalue weighted by atomic mass is 10.2. The van der Waals surface area contributed by atoms with E-state index in [1.165, 1.54) is 18.3 Å². The average Bonchev–Trinajstić information content (AvgIpc) is 2.31. The number of halogens is 3. The first kappa shape index (κ1) is 12.0. The molecule has 0 aliphatic rings. The Morgan fingerprint density at radius 2 is 2.00 bits per heavy atom. The van der Waals surface area contributed by atoms with E-state index in [1.807, 2.05) is 0 Å². The van der Waals surface area contributed by atoms with Crippen LogP contribution in [0.2, 0.25) is 0 Å². The summed E-state index contributed by atoms with van der Waals surface area (Å²) in [6.45, 7) is 0.412. The minimum Gasteiger partial charge on any atom is -0.380 e. The van der Waals surface area contributed by atoms with Crippen molar-refractivity contribution >= 4 is 21.6 Å². The van der Waals surface area contributed by atoms with Crippen molar-refractivity contribution in [3.63, 3.8) is 0 Å². The van der Waals surface area contributed by atoms with Crippen LogP contribution in [0, 0.1) is 11.6 Å². The van der Waals surface area contributed by atoms with E-state index in [4.69, 9.17) is 0 Å². The number of nitrogens with zero attached hydrogens (tertiary/aromatic N) is 1. The van der Waals surface area contributed by atoms with Gasteiger partial charge in [0, 0.05) is 12.6 Å². The predicted octanol–water partition coefficient (Wildman–Crippen LogP) is 3.73. The van der Waals surface area contributed by atoms with Gasteiger partial charge in [0.05, 0.1) is 22.6 Å². The minimum absolute atomic E-state index is 0.318. The van der Waals surface area contributed by atoms with Gasteiger partial charge < -0.3 is 5.32 Å². The van der Waals surface area contributed by atoms with Crippen LogP contribution in [0.4, 0.5) is 14.5 Å². The average molecular weight is 299 g/mol. The monoisotopic (exact) mass is 298 g/mol. The Bertz CT molecular complexity index is 532. The summed E-state index contributed by atoms with van der Waals surface area (Å²) in [5.41, 5.74) is 1.34. The molecule has 1 heterocycles. The maximum atomic E-state index is 13.2. The molecule has 17 heavy (non-hydrogen) atoms. The molecule has 0 amide bonds. The van der Waals surface area contributed by atoms with Crippen LogP contribution in [0.15, 0.2) is 41.1 Å². The van der Waals surface area contributed by atoms with E-state index in [0.29, 0.717) is 16.7 Å². The summed E-state index contributed by atoms with van der Waals surface area (Å²) in [6.07, 6.45) is 2.64. The van der Waals surface area contributed by atoms with Gasteiger partial charge in [0.25, 0.3) is 0 Å². The van der Waals surface area contributed by atoms with Crippen LogP contribution in [0.5, 0.6) is 0 Å². The Morgan fingerprint density at radius 1 is 1.18 bits per heavy atom. The van der Waals surface area contributed by atoms with Gasteiger partial charge in [0.2, 0.25) is 0 Å². The minimum atomic E-state index is -0.406. The van der Waals surface area contributed by atoms with Crippen LogP contribution >= 0.6 is 15.9 Å². The third-order valence-electron chi connectivity index (χ3n) is 2.19. The SMILES string of the molecule is Fc1cncc(NCc2ccc(Br)c(F)c2)c1. The number of aromatic nitrogens is 1. The molecule has 2 nitrogen and oxygen atoms in total. The summed E-state index contributed by atoms with van der Waals surface area (Å²) >= 11 is 3.08. The van der Waals surface area contributed by atoms with Gasteiger partial charge >= 0.3 is 0 Å². The van der Waals surface area contributed by atoms with Crippen molar-refractivity contribution in [2.24, 2.45) is 0 Å². The van der Waals surface area contributed by atoms with E-state index in [2.05, 4.69) is 26.2 Å². The number of pyridine rings is 1. The Kier molecular flexibility index (Phi) is 3.68. The van der Waals surface area contributed by atoms with Crippen LogP contribution in [0.3, 0.4) is 0 Å². The molecule has 1 aromatic carbocycles. The quantitative estimate of drug-likeness (QED) is 0.934. The molecular weight excluding hydrogens is 290 g/mol. The molecule has 0 aliphatic heterocycles. The highest BCUT2D eigenvalue weighted by Crippen LogP contribution is 2.17. The number of hydrogen-bond donors (Lipinski definition) is 1. The summed E-state index contributed by atoms with van der Waals surface area (Å²) in [5.74, 6) is -0.723. The van der Waals surface area contributed by atoms with E-state index in [1.54, 1.807) is 12.1 Å². The lowest BCUT2D eigenvalue weighted by molar-refractivity contribution is 0.618. The summed E-state index contributed by atoms with van der Waals surface area (Å²) in [4.78, 5) is 3.71. The Balaban J connectivity index is 2.05. The summed E-state index contributed by atoms with van der Waals surface area (Å²) in [6, 6.07) is 6.18. The number of hydrogen-bond acceptors (Lipinski definition) is 2. The molecule has 0 spiro atoms. The van der Waals surface area contributed by atoms with Gasteiger partial charge in [-0.3, -0.25) is 4.98 Å². The van der Waals surface area contributed by atoms with Gasteiger partial charge in [0.15, 0.2) is 0 Å². The fraction of sp³-hybridized carbons (Fsp3) is 0.0833. The summed E-state index contributed by atoms with van der Waals surface area (Å²) in [5, 5.41) is 2.96. The number of benzene rings is 1. The third kappa shape index (κ3) is 3.23. The zero-order valence-electron chi connectivity index (χ0n) is 8.75. The third-order valence-corrected chi connectivity index (χ3v) is 2.83. The van der Waals surface area contributed by atoms with Crippen molar-refractivity contribution in [2.75, 3.05) is 5.32 Å². The van der Waals surface area contributed by atoms with Crippen molar-refractivity contribution in [3.8, 4) is 0 Å². The fourth-order valence-electron chi connectivity index (χ4n) is 1.36. The molecule has 0 radical (unpaired) electrons. The second-order valence-corrected chi connectivity index (χ2v) is 4.35. The van der Waals surface area contributed by atoms with Gasteiger partial charge in [-0.1, -0.05) is 6.07 Å². The van der Waals surface area contributed by atoms with E-state index >= 15 is 0 Å². The summed E-state index contributed by atoms with van der Waals surface area (Å²) < 4.78 is 26.5. The van der Waals surface area contributed by atoms with E-state index < -0.39 is 5.82 Å². The van der Waals surface area contributed by atoms with E-state index in [0.717, 1.165) is 11.8 Å². The lowest BCUT2D eigenvalue weighted by Gasteiger charge is -2.06. The largest absolute Gasteiger partial charge is 0.380 e. The molecule has 5 heteroatoms. The van der Waals surface area contributed by atoms with Crippen LogP contribution < -0.4 is 5.32 Å². The van der Waals surface area contributed by atoms with Gasteiger partial charge in [-0.15, -0.1) is 0 Å². The maximum absolute atomic E-state index is 13.2. The molecule has 0 bridgehead atoms. The fourth-order valence-corrected chi connectivity index (χ4v) is 1.61. The van der Waals surface area contributed by atoms with Crippen LogP contribution in [-0.4, -0.2) is 4.98 Å². The van der Waals surface area contributed by atoms with Gasteiger partial charge in [-0.05, 0) is 33.6 Å². The van der Waals surface area contributed by atoms with Crippen LogP contribution in [0.25, 0.3) is 0 Å². The van der Waals surface area contributed by atoms with Crippen molar-refractivity contribution in [1.82, 2.24) is 4.98 Å². The Hall–Kier alpha value is -1.49. The van der Waals surface area contributed by atoms with Crippen molar-refractivity contribution in [2.45, 2.75) is 6.54 Å². The number of rotatable bonds is 3. The maximum Gasteiger partial charge on any atom is 0.143 e. The van der Waals surface area contributed by atoms with Gasteiger partial charge in [0.1, 0.15) is 11.6 Å². The number of nitrogens with one attached hydrogen (secondary N) is 1. The molecule has 0 saturated carbocycles. The van der Waals surface area contributed by atoms with Gasteiger partial charge in [-0.25, -0.2) is 8.78 Å². The molecule has 0 aliphatic carbocycles. The van der Waals surface area contributed by atoms with E-state index in [9.17, 15) is 8.78 Å². The second kappa shape index (κ2) is 5.23. The predicted molar refractivity (Wildman–Crippen MR) is 65.6 cm³/mol. The molecule has 88 valence electrons. The van der Waals surface area contributed by atoms with Crippen molar-refractivity contribution in [1.29, 1.82) is 0 Å². The molecule has 2 rings (SSSR count). The molecule has 0 unspecified atom stereocenters. The first-order chi connectivity index (χ1) is 8.15. The second-order valence-electron chi connectivity index (χ2n) is 3.49. The first-order valence-corrected chi connectivity index (χ1v) is 5.73. The highest BCUT2D eigenvalue weighted by molar-refractivity contribution is 9.10. The highest BCUT2D eigenvalue weighted by Gasteiger charge is 2.01. The Labute approximate surface area is 106 Å². The van der Waals surface area contributed by atoms with Crippen LogP contribution in [-0.2, 0) is 6.54 Å². The van der Waals surface area contributed by atoms with E-state index in [-0.39, 0.29) is 5.82 Å². The number of anilines is 1. The normalized spacial score (nSPS) is 10.3. The smallest absolute Gasteiger partial charge is 0.143 e. The van der Waals surface area contributed by atoms with Gasteiger partial charge in [-0.2, -0.15) is 0 Å². The van der Waals surface area contributed by atoms with Crippen LogP contribution in [0.1, 0.15) is 5.56 Å². The molecule has 0 fully saturated rings. The molecular formula is C12H9BrF2N2. The first-order valence-electron chi connectivity index (χ1n) is 4.93. The standard InChI is InChI=1S/C12H9BrF2N2/c13-11-2-1-8(3-12(11)15)5-17-10-4-9(14)6-16-7-10/h1-4,6-7,17H,5H2. The lowest BCUT2D eigenvalue weighted by Crippen LogP contribution is -2.00. The molecule has 1 aromatic heterocycles. The van der Waals surface area contributed by atoms with Crippen molar-refractivity contribution in [3.05, 3.63) is 58.3 Å². The topological polar surface area (TPSA) is 24.9 Å². The molecule has 0 atom stereocenters. The molecule has 1 N–H and O–H groups in total. The van der Waals surface area contributed by atoms with Crippen molar-refractivity contribution < 1.29 is 8.78 Å². The molecule has 2 aromatic rings. The Morgan fingerprint density at radius 3 is 2.71 bits per heavy atom. The highest BCUT2D eigenvalue weighted by atomic mass is 79.9. The zero-order chi connectivity index (χ0) is 12.3. The zero-order valence-corrected chi connectivity index (χ0v) is 10.3. The molecule has 0 saturated heterocycles.